The molecule has 0 aliphatic heterocycles. The number of benzene rings is 1. The lowest BCUT2D eigenvalue weighted by atomic mass is 9.60. The van der Waals surface area contributed by atoms with Crippen LogP contribution in [-0.2, 0) is 6.42 Å². The number of hydrogen-bond acceptors (Lipinski definition) is 1. The van der Waals surface area contributed by atoms with E-state index in [1.54, 1.807) is 12.8 Å². The highest BCUT2D eigenvalue weighted by molar-refractivity contribution is 5.35. The molecule has 8 fully saturated rings. The number of aliphatic hydroxyl groups is 1. The van der Waals surface area contributed by atoms with Gasteiger partial charge in [0.2, 0.25) is 0 Å². The molecular weight excluding hydrogens is 340 g/mol. The van der Waals surface area contributed by atoms with Gasteiger partial charge in [-0.15, -0.1) is 0 Å². The molecule has 8 aliphatic carbocycles. The normalized spacial score (nSPS) is 67.3. The Morgan fingerprint density at radius 3 is 1.71 bits per heavy atom. The van der Waals surface area contributed by atoms with Gasteiger partial charge in [0, 0.05) is 12.0 Å². The molecule has 0 aromatic heterocycles. The van der Waals surface area contributed by atoms with Crippen molar-refractivity contribution in [3.63, 3.8) is 0 Å². The maximum atomic E-state index is 11.2. The number of aliphatic hydroxyl groups excluding tert-OH is 1. The average Bonchev–Trinajstić information content (AvgIpc) is 3.48. The van der Waals surface area contributed by atoms with Gasteiger partial charge in [-0.05, 0) is 121 Å². The van der Waals surface area contributed by atoms with Gasteiger partial charge >= 0.3 is 0 Å². The zero-order valence-corrected chi connectivity index (χ0v) is 16.7. The van der Waals surface area contributed by atoms with E-state index in [4.69, 9.17) is 0 Å². The van der Waals surface area contributed by atoms with Crippen LogP contribution in [0, 0.1) is 88.3 Å². The van der Waals surface area contributed by atoms with E-state index in [1.807, 2.05) is 0 Å². The summed E-state index contributed by atoms with van der Waals surface area (Å²) in [5, 5.41) is 11.2. The Morgan fingerprint density at radius 2 is 1.14 bits per heavy atom. The topological polar surface area (TPSA) is 20.2 Å². The first-order chi connectivity index (χ1) is 13.8. The molecule has 1 aromatic rings. The van der Waals surface area contributed by atoms with E-state index < -0.39 is 0 Å². The summed E-state index contributed by atoms with van der Waals surface area (Å²) >= 11 is 0. The van der Waals surface area contributed by atoms with Gasteiger partial charge in [0.25, 0.3) is 0 Å². The largest absolute Gasteiger partial charge is 0.396 e. The highest BCUT2D eigenvalue weighted by Gasteiger charge is 2.87. The smallest absolute Gasteiger partial charge is 0.0496 e. The van der Waals surface area contributed by atoms with Crippen LogP contribution < -0.4 is 0 Å². The lowest BCUT2D eigenvalue weighted by Gasteiger charge is -2.44. The van der Waals surface area contributed by atoms with Crippen LogP contribution in [-0.4, -0.2) is 11.7 Å². The van der Waals surface area contributed by atoms with Gasteiger partial charge in [-0.25, -0.2) is 0 Å². The maximum absolute atomic E-state index is 11.2. The van der Waals surface area contributed by atoms with E-state index in [0.29, 0.717) is 6.61 Å². The first kappa shape index (κ1) is 15.1. The van der Waals surface area contributed by atoms with Crippen LogP contribution in [0.15, 0.2) is 30.3 Å². The fraction of sp³-hybridized carbons (Fsp3) is 0.778. The quantitative estimate of drug-likeness (QED) is 0.828. The third kappa shape index (κ3) is 1.24. The Morgan fingerprint density at radius 1 is 0.643 bits per heavy atom. The molecule has 28 heavy (non-hydrogen) atoms. The maximum Gasteiger partial charge on any atom is 0.0496 e. The Labute approximate surface area is 168 Å². The molecule has 0 saturated heterocycles. The van der Waals surface area contributed by atoms with E-state index >= 15 is 0 Å². The SMILES string of the molecule is OCC1(Cc2ccccc2)[C@@H]2[C@@H]3CC[C@@H]4C5C6[C@H]7[C@H]8[C@@H](CC[C@@H]58)[C@@H]1[C@@H]7[C@H]2[C@H]6[C@H]34. The van der Waals surface area contributed by atoms with Crippen LogP contribution in [0.1, 0.15) is 31.2 Å². The summed E-state index contributed by atoms with van der Waals surface area (Å²) in [6.07, 6.45) is 7.30. The lowest BCUT2D eigenvalue weighted by Crippen LogP contribution is -2.44. The number of hydrogen-bond donors (Lipinski definition) is 1. The molecule has 8 saturated carbocycles. The van der Waals surface area contributed by atoms with E-state index in [0.717, 1.165) is 82.9 Å². The summed E-state index contributed by atoms with van der Waals surface area (Å²) in [6.45, 7) is 0.472. The van der Waals surface area contributed by atoms with Crippen LogP contribution in [0.5, 0.6) is 0 Å². The Bertz CT molecular complexity index is 830. The summed E-state index contributed by atoms with van der Waals surface area (Å²) < 4.78 is 0. The van der Waals surface area contributed by atoms with Crippen LogP contribution in [0.25, 0.3) is 0 Å². The van der Waals surface area contributed by atoms with E-state index in [9.17, 15) is 5.11 Å². The van der Waals surface area contributed by atoms with Gasteiger partial charge in [0.05, 0.1) is 0 Å². The molecule has 0 spiro atoms. The third-order valence-electron chi connectivity index (χ3n) is 12.9. The minimum absolute atomic E-state index is 0.213. The minimum Gasteiger partial charge on any atom is -0.396 e. The molecule has 0 bridgehead atoms. The Balaban J connectivity index is 1.30. The van der Waals surface area contributed by atoms with Crippen LogP contribution >= 0.6 is 0 Å². The zero-order valence-electron chi connectivity index (χ0n) is 16.7. The Hall–Kier alpha value is -0.820. The highest BCUT2D eigenvalue weighted by Crippen LogP contribution is 2.90. The monoisotopic (exact) mass is 372 g/mol. The first-order valence-corrected chi connectivity index (χ1v) is 12.5. The van der Waals surface area contributed by atoms with Crippen LogP contribution in [0.2, 0.25) is 0 Å². The summed E-state index contributed by atoms with van der Waals surface area (Å²) in [6, 6.07) is 11.3. The Kier molecular flexibility index (Phi) is 2.38. The molecule has 0 heterocycles. The highest BCUT2D eigenvalue weighted by atomic mass is 16.3. The van der Waals surface area contributed by atoms with Crippen molar-refractivity contribution in [3.8, 4) is 0 Å². The van der Waals surface area contributed by atoms with Crippen molar-refractivity contribution < 1.29 is 5.11 Å². The van der Waals surface area contributed by atoms with Crippen LogP contribution in [0.3, 0.4) is 0 Å². The van der Waals surface area contributed by atoms with Gasteiger partial charge in [0.1, 0.15) is 0 Å². The summed E-state index contributed by atoms with van der Waals surface area (Å²) in [7, 11) is 0. The average molecular weight is 373 g/mol. The minimum atomic E-state index is 0.213. The summed E-state index contributed by atoms with van der Waals surface area (Å²) in [4.78, 5) is 0. The molecule has 9 rings (SSSR count). The predicted molar refractivity (Wildman–Crippen MR) is 107 cm³/mol. The molecule has 3 unspecified atom stereocenters. The van der Waals surface area contributed by atoms with E-state index in [2.05, 4.69) is 30.3 Å². The second-order valence-electron chi connectivity index (χ2n) is 12.5. The molecule has 1 N–H and O–H groups in total. The fourth-order valence-electron chi connectivity index (χ4n) is 13.6. The van der Waals surface area contributed by atoms with Crippen molar-refractivity contribution in [3.05, 3.63) is 35.9 Å². The van der Waals surface area contributed by atoms with Gasteiger partial charge in [-0.3, -0.25) is 0 Å². The number of rotatable bonds is 3. The molecule has 146 valence electrons. The van der Waals surface area contributed by atoms with Gasteiger partial charge in [0.15, 0.2) is 0 Å². The predicted octanol–water partition coefficient (Wildman–Crippen LogP) is 4.50. The van der Waals surface area contributed by atoms with Crippen LogP contribution in [0.4, 0.5) is 0 Å². The third-order valence-corrected chi connectivity index (χ3v) is 12.9. The van der Waals surface area contributed by atoms with Crippen molar-refractivity contribution in [2.24, 2.45) is 88.3 Å². The fourth-order valence-corrected chi connectivity index (χ4v) is 13.6. The molecule has 8 aliphatic rings. The van der Waals surface area contributed by atoms with Crippen molar-refractivity contribution in [2.45, 2.75) is 32.1 Å². The molecule has 0 amide bonds. The second kappa shape index (κ2) is 4.43. The first-order valence-electron chi connectivity index (χ1n) is 12.5. The molecule has 1 heteroatoms. The van der Waals surface area contributed by atoms with Gasteiger partial charge in [-0.1, -0.05) is 30.3 Å². The van der Waals surface area contributed by atoms with E-state index in [-0.39, 0.29) is 5.41 Å². The number of fused-ring (bicyclic) bond motifs is 4. The second-order valence-corrected chi connectivity index (χ2v) is 12.5. The van der Waals surface area contributed by atoms with Crippen molar-refractivity contribution in [1.29, 1.82) is 0 Å². The van der Waals surface area contributed by atoms with Crippen molar-refractivity contribution >= 4 is 0 Å². The molecule has 1 aromatic carbocycles. The summed E-state index contributed by atoms with van der Waals surface area (Å²) in [5.41, 5.74) is 1.72. The van der Waals surface area contributed by atoms with Gasteiger partial charge < -0.3 is 5.11 Å². The molecular formula is C27H32O. The zero-order chi connectivity index (χ0) is 17.9. The van der Waals surface area contributed by atoms with Crippen molar-refractivity contribution in [2.75, 3.05) is 6.61 Å². The molecule has 0 radical (unpaired) electrons. The lowest BCUT2D eigenvalue weighted by molar-refractivity contribution is -0.0119. The summed E-state index contributed by atoms with van der Waals surface area (Å²) in [5.74, 6) is 14.6. The molecule has 1 nitrogen and oxygen atoms in total. The van der Waals surface area contributed by atoms with Crippen molar-refractivity contribution in [1.82, 2.24) is 0 Å². The standard InChI is InChI=1S/C27H32O/c28-11-27(10-12-4-2-1-3-5-12)25-15-8-6-13-17-14-7-9-16-19(14)22-20(17)21(18(13)15)23(25)24(22)26(16)27/h1-5,13-26,28H,6-11H2/t13-,14+,15-,16-,17?,18+,19-,20?,21+,22-,23-,24+,25-,26-,27?/m1/s1. The van der Waals surface area contributed by atoms with E-state index in [1.165, 1.54) is 24.8 Å². The van der Waals surface area contributed by atoms with Gasteiger partial charge in [-0.2, -0.15) is 0 Å². The molecule has 15 atom stereocenters.